The van der Waals surface area contributed by atoms with Gasteiger partial charge in [0.05, 0.1) is 6.54 Å². The van der Waals surface area contributed by atoms with Gasteiger partial charge in [-0.25, -0.2) is 8.42 Å². The SMILES string of the molecule is CCn1c(CN)nnc1C(C)S(C)(=O)=O. The summed E-state index contributed by atoms with van der Waals surface area (Å²) < 4.78 is 24.5. The van der Waals surface area contributed by atoms with Gasteiger partial charge in [0.1, 0.15) is 11.1 Å². The predicted octanol–water partition coefficient (Wildman–Crippen LogP) is -0.138. The van der Waals surface area contributed by atoms with Crippen LogP contribution in [0.4, 0.5) is 0 Å². The molecule has 1 atom stereocenters. The highest BCUT2D eigenvalue weighted by atomic mass is 32.2. The van der Waals surface area contributed by atoms with E-state index in [1.807, 2.05) is 6.92 Å². The highest BCUT2D eigenvalue weighted by molar-refractivity contribution is 7.90. The van der Waals surface area contributed by atoms with Crippen molar-refractivity contribution in [1.29, 1.82) is 0 Å². The normalized spacial score (nSPS) is 14.1. The number of sulfone groups is 1. The largest absolute Gasteiger partial charge is 0.324 e. The molecule has 6 nitrogen and oxygen atoms in total. The van der Waals surface area contributed by atoms with Crippen LogP contribution in [0.3, 0.4) is 0 Å². The van der Waals surface area contributed by atoms with Crippen LogP contribution in [0, 0.1) is 0 Å². The molecule has 0 saturated carbocycles. The minimum absolute atomic E-state index is 0.261. The van der Waals surface area contributed by atoms with E-state index < -0.39 is 15.1 Å². The van der Waals surface area contributed by atoms with Crippen LogP contribution in [0.25, 0.3) is 0 Å². The molecule has 1 heterocycles. The molecule has 7 heteroatoms. The van der Waals surface area contributed by atoms with E-state index in [2.05, 4.69) is 10.2 Å². The van der Waals surface area contributed by atoms with Crippen molar-refractivity contribution in [2.24, 2.45) is 5.73 Å². The maximum absolute atomic E-state index is 11.4. The van der Waals surface area contributed by atoms with Gasteiger partial charge < -0.3 is 10.3 Å². The Morgan fingerprint density at radius 1 is 1.47 bits per heavy atom. The number of aromatic nitrogens is 3. The average Bonchev–Trinajstić information content (AvgIpc) is 2.57. The Kier molecular flexibility index (Phi) is 3.46. The van der Waals surface area contributed by atoms with Gasteiger partial charge in [-0.15, -0.1) is 10.2 Å². The molecule has 1 rings (SSSR count). The highest BCUT2D eigenvalue weighted by Crippen LogP contribution is 2.19. The zero-order valence-corrected chi connectivity index (χ0v) is 9.95. The molecule has 0 radical (unpaired) electrons. The topological polar surface area (TPSA) is 90.9 Å². The fourth-order valence-electron chi connectivity index (χ4n) is 1.34. The van der Waals surface area contributed by atoms with Gasteiger partial charge in [0.25, 0.3) is 0 Å². The second-order valence-corrected chi connectivity index (χ2v) is 5.76. The predicted molar refractivity (Wildman–Crippen MR) is 56.8 cm³/mol. The summed E-state index contributed by atoms with van der Waals surface area (Å²) in [7, 11) is -3.15. The summed E-state index contributed by atoms with van der Waals surface area (Å²) in [5, 5.41) is 7.09. The summed E-state index contributed by atoms with van der Waals surface area (Å²) in [6.45, 7) is 4.39. The molecule has 0 aliphatic heterocycles. The van der Waals surface area contributed by atoms with E-state index >= 15 is 0 Å². The van der Waals surface area contributed by atoms with Gasteiger partial charge in [-0.05, 0) is 13.8 Å². The van der Waals surface area contributed by atoms with Gasteiger partial charge in [-0.3, -0.25) is 0 Å². The van der Waals surface area contributed by atoms with E-state index in [-0.39, 0.29) is 6.54 Å². The van der Waals surface area contributed by atoms with E-state index in [1.165, 1.54) is 6.26 Å². The van der Waals surface area contributed by atoms with E-state index in [1.54, 1.807) is 11.5 Å². The molecule has 0 aromatic carbocycles. The summed E-state index contributed by atoms with van der Waals surface area (Å²) >= 11 is 0. The van der Waals surface area contributed by atoms with Gasteiger partial charge in [0, 0.05) is 12.8 Å². The molecule has 0 fully saturated rings. The third-order valence-electron chi connectivity index (χ3n) is 2.36. The molecule has 86 valence electrons. The lowest BCUT2D eigenvalue weighted by Gasteiger charge is -2.11. The van der Waals surface area contributed by atoms with Crippen LogP contribution in [0.2, 0.25) is 0 Å². The summed E-state index contributed by atoms with van der Waals surface area (Å²) in [6, 6.07) is 0. The molecule has 2 N–H and O–H groups in total. The van der Waals surface area contributed by atoms with Crippen LogP contribution >= 0.6 is 0 Å². The number of nitrogens with two attached hydrogens (primary N) is 1. The molecule has 0 amide bonds. The number of hydrogen-bond donors (Lipinski definition) is 1. The Labute approximate surface area is 89.4 Å². The zero-order valence-electron chi connectivity index (χ0n) is 9.14. The van der Waals surface area contributed by atoms with Crippen molar-refractivity contribution < 1.29 is 8.42 Å². The first-order chi connectivity index (χ1) is 6.91. The maximum atomic E-state index is 11.4. The number of nitrogens with zero attached hydrogens (tertiary/aromatic N) is 3. The van der Waals surface area contributed by atoms with Crippen LogP contribution in [0.5, 0.6) is 0 Å². The van der Waals surface area contributed by atoms with E-state index in [4.69, 9.17) is 5.73 Å². The lowest BCUT2D eigenvalue weighted by atomic mass is 10.4. The fourth-order valence-corrected chi connectivity index (χ4v) is 1.89. The van der Waals surface area contributed by atoms with Crippen molar-refractivity contribution >= 4 is 9.84 Å². The molecule has 0 aliphatic carbocycles. The van der Waals surface area contributed by atoms with Gasteiger partial charge in [-0.2, -0.15) is 0 Å². The summed E-state index contributed by atoms with van der Waals surface area (Å²) in [5.74, 6) is 1.07. The van der Waals surface area contributed by atoms with E-state index in [0.29, 0.717) is 18.2 Å². The third kappa shape index (κ3) is 2.35. The van der Waals surface area contributed by atoms with Crippen molar-refractivity contribution in [3.63, 3.8) is 0 Å². The average molecular weight is 232 g/mol. The van der Waals surface area contributed by atoms with Crippen LogP contribution in [0.15, 0.2) is 0 Å². The Morgan fingerprint density at radius 2 is 2.07 bits per heavy atom. The fraction of sp³-hybridized carbons (Fsp3) is 0.750. The molecule has 1 aromatic heterocycles. The van der Waals surface area contributed by atoms with E-state index in [0.717, 1.165) is 0 Å². The Morgan fingerprint density at radius 3 is 2.47 bits per heavy atom. The van der Waals surface area contributed by atoms with Crippen molar-refractivity contribution in [2.45, 2.75) is 32.2 Å². The van der Waals surface area contributed by atoms with Crippen molar-refractivity contribution in [2.75, 3.05) is 6.26 Å². The zero-order chi connectivity index (χ0) is 11.6. The van der Waals surface area contributed by atoms with Crippen LogP contribution < -0.4 is 5.73 Å². The van der Waals surface area contributed by atoms with Gasteiger partial charge >= 0.3 is 0 Å². The van der Waals surface area contributed by atoms with Crippen molar-refractivity contribution in [3.8, 4) is 0 Å². The lowest BCUT2D eigenvalue weighted by molar-refractivity contribution is 0.580. The van der Waals surface area contributed by atoms with Crippen LogP contribution in [0.1, 0.15) is 30.7 Å². The Balaban J connectivity index is 3.21. The molecule has 0 bridgehead atoms. The van der Waals surface area contributed by atoms with Crippen molar-refractivity contribution in [3.05, 3.63) is 11.6 Å². The number of hydrogen-bond acceptors (Lipinski definition) is 5. The lowest BCUT2D eigenvalue weighted by Crippen LogP contribution is -2.16. The minimum atomic E-state index is -3.15. The summed E-state index contributed by atoms with van der Waals surface area (Å²) in [4.78, 5) is 0. The maximum Gasteiger partial charge on any atom is 0.157 e. The molecule has 0 spiro atoms. The first-order valence-corrected chi connectivity index (χ1v) is 6.68. The molecule has 0 aliphatic rings. The van der Waals surface area contributed by atoms with E-state index in [9.17, 15) is 8.42 Å². The minimum Gasteiger partial charge on any atom is -0.324 e. The highest BCUT2D eigenvalue weighted by Gasteiger charge is 2.24. The monoisotopic (exact) mass is 232 g/mol. The number of rotatable bonds is 4. The second-order valence-electron chi connectivity index (χ2n) is 3.39. The van der Waals surface area contributed by atoms with Crippen LogP contribution in [-0.4, -0.2) is 29.4 Å². The second kappa shape index (κ2) is 4.28. The molecule has 15 heavy (non-hydrogen) atoms. The summed E-state index contributed by atoms with van der Waals surface area (Å²) in [6.07, 6.45) is 1.19. The summed E-state index contributed by atoms with van der Waals surface area (Å²) in [5.41, 5.74) is 5.48. The first-order valence-electron chi connectivity index (χ1n) is 4.72. The van der Waals surface area contributed by atoms with Gasteiger partial charge in [0.15, 0.2) is 15.7 Å². The first kappa shape index (κ1) is 12.1. The smallest absolute Gasteiger partial charge is 0.157 e. The Bertz CT molecular complexity index is 437. The molecule has 1 aromatic rings. The third-order valence-corrected chi connectivity index (χ3v) is 3.86. The van der Waals surface area contributed by atoms with Gasteiger partial charge in [0.2, 0.25) is 0 Å². The Hall–Kier alpha value is -0.950. The standard InChI is InChI=1S/C8H16N4O2S/c1-4-12-7(5-9)10-11-8(12)6(2)15(3,13)14/h6H,4-5,9H2,1-3H3. The molecular weight excluding hydrogens is 216 g/mol. The molecular formula is C8H16N4O2S. The quantitative estimate of drug-likeness (QED) is 0.780. The van der Waals surface area contributed by atoms with Gasteiger partial charge in [-0.1, -0.05) is 0 Å². The molecule has 0 saturated heterocycles. The molecule has 1 unspecified atom stereocenters. The van der Waals surface area contributed by atoms with Crippen LogP contribution in [-0.2, 0) is 22.9 Å². The van der Waals surface area contributed by atoms with Crippen molar-refractivity contribution in [1.82, 2.24) is 14.8 Å².